The number of nitrogens with one attached hydrogen (secondary N) is 2. The molecule has 0 aliphatic carbocycles. The Morgan fingerprint density at radius 3 is 2.68 bits per heavy atom. The molecule has 0 atom stereocenters. The molecule has 0 saturated carbocycles. The molecule has 2 aromatic rings. The molecule has 0 aliphatic rings. The first kappa shape index (κ1) is 19.4. The predicted octanol–water partition coefficient (Wildman–Crippen LogP) is 3.23. The second kappa shape index (κ2) is 9.56. The van der Waals surface area contributed by atoms with Crippen LogP contribution in [0.25, 0.3) is 0 Å². The van der Waals surface area contributed by atoms with Crippen LogP contribution in [0.1, 0.15) is 42.5 Å². The van der Waals surface area contributed by atoms with E-state index in [2.05, 4.69) is 68.8 Å². The third-order valence-electron chi connectivity index (χ3n) is 4.13. The van der Waals surface area contributed by atoms with E-state index < -0.39 is 0 Å². The van der Waals surface area contributed by atoms with Gasteiger partial charge < -0.3 is 15.2 Å². The van der Waals surface area contributed by atoms with Gasteiger partial charge in [-0.25, -0.2) is 4.99 Å². The van der Waals surface area contributed by atoms with Crippen LogP contribution in [-0.4, -0.2) is 27.3 Å². The van der Waals surface area contributed by atoms with Crippen molar-refractivity contribution in [3.8, 4) is 0 Å². The molecule has 0 bridgehead atoms. The van der Waals surface area contributed by atoms with Gasteiger partial charge in [-0.1, -0.05) is 35.3 Å². The standard InChI is InChI=1S/C18H27BrN6/c1-5-6-9-20-18(22-12-17-24-23-14(3)25(17)4)21-11-15-7-8-16(19)10-13(15)2/h7-8,10H,5-6,9,11-12H2,1-4H3,(H2,20,21,22). The second-order valence-corrected chi connectivity index (χ2v) is 7.01. The van der Waals surface area contributed by atoms with E-state index >= 15 is 0 Å². The van der Waals surface area contributed by atoms with E-state index in [0.717, 1.165) is 41.5 Å². The molecular weight excluding hydrogens is 380 g/mol. The fraction of sp³-hybridized carbons (Fsp3) is 0.500. The third kappa shape index (κ3) is 5.85. The summed E-state index contributed by atoms with van der Waals surface area (Å²) in [5.41, 5.74) is 2.45. The Hall–Kier alpha value is -1.89. The van der Waals surface area contributed by atoms with Crippen LogP contribution in [0.5, 0.6) is 0 Å². The molecule has 25 heavy (non-hydrogen) atoms. The normalized spacial score (nSPS) is 11.6. The molecule has 2 rings (SSSR count). The Morgan fingerprint density at radius 1 is 1.24 bits per heavy atom. The molecule has 0 saturated heterocycles. The number of benzene rings is 1. The summed E-state index contributed by atoms with van der Waals surface area (Å²) >= 11 is 3.50. The molecule has 0 unspecified atom stereocenters. The SMILES string of the molecule is CCCCNC(=NCc1ccc(Br)cc1C)NCc1nnc(C)n1C. The number of aliphatic imine (C=N–C) groups is 1. The number of nitrogens with zero attached hydrogens (tertiary/aromatic N) is 4. The molecule has 6 nitrogen and oxygen atoms in total. The Labute approximate surface area is 158 Å². The molecule has 136 valence electrons. The van der Waals surface area contributed by atoms with Crippen LogP contribution in [0.4, 0.5) is 0 Å². The first-order chi connectivity index (χ1) is 12.0. The zero-order valence-corrected chi connectivity index (χ0v) is 17.0. The first-order valence-corrected chi connectivity index (χ1v) is 9.42. The van der Waals surface area contributed by atoms with Crippen LogP contribution in [0.3, 0.4) is 0 Å². The van der Waals surface area contributed by atoms with Crippen LogP contribution in [-0.2, 0) is 20.1 Å². The molecule has 0 amide bonds. The summed E-state index contributed by atoms with van der Waals surface area (Å²) in [6, 6.07) is 6.28. The molecule has 2 N–H and O–H groups in total. The number of rotatable bonds is 7. The molecule has 1 heterocycles. The van der Waals surface area contributed by atoms with Gasteiger partial charge in [0.25, 0.3) is 0 Å². The van der Waals surface area contributed by atoms with Crippen molar-refractivity contribution >= 4 is 21.9 Å². The lowest BCUT2D eigenvalue weighted by Gasteiger charge is -2.13. The van der Waals surface area contributed by atoms with E-state index in [1.165, 1.54) is 11.1 Å². The van der Waals surface area contributed by atoms with Crippen molar-refractivity contribution in [3.63, 3.8) is 0 Å². The van der Waals surface area contributed by atoms with Gasteiger partial charge in [-0.05, 0) is 43.5 Å². The van der Waals surface area contributed by atoms with Crippen molar-refractivity contribution in [3.05, 3.63) is 45.4 Å². The van der Waals surface area contributed by atoms with Crippen molar-refractivity contribution in [2.75, 3.05) is 6.54 Å². The highest BCUT2D eigenvalue weighted by Gasteiger charge is 2.06. The Morgan fingerprint density at radius 2 is 2.04 bits per heavy atom. The second-order valence-electron chi connectivity index (χ2n) is 6.09. The van der Waals surface area contributed by atoms with E-state index in [1.54, 1.807) is 0 Å². The number of hydrogen-bond acceptors (Lipinski definition) is 3. The Balaban J connectivity index is 2.04. The average molecular weight is 407 g/mol. The Bertz CT molecular complexity index is 722. The van der Waals surface area contributed by atoms with Crippen molar-refractivity contribution in [1.29, 1.82) is 0 Å². The summed E-state index contributed by atoms with van der Waals surface area (Å²) < 4.78 is 3.07. The quantitative estimate of drug-likeness (QED) is 0.420. The summed E-state index contributed by atoms with van der Waals surface area (Å²) in [5, 5.41) is 15.0. The van der Waals surface area contributed by atoms with E-state index in [4.69, 9.17) is 4.99 Å². The zero-order chi connectivity index (χ0) is 18.2. The van der Waals surface area contributed by atoms with Gasteiger partial charge in [-0.15, -0.1) is 10.2 Å². The van der Waals surface area contributed by atoms with Gasteiger partial charge in [0, 0.05) is 18.1 Å². The lowest BCUT2D eigenvalue weighted by molar-refractivity contribution is 0.695. The number of aryl methyl sites for hydroxylation is 2. The molecule has 0 spiro atoms. The van der Waals surface area contributed by atoms with Gasteiger partial charge in [-0.2, -0.15) is 0 Å². The predicted molar refractivity (Wildman–Crippen MR) is 106 cm³/mol. The fourth-order valence-corrected chi connectivity index (χ4v) is 2.80. The zero-order valence-electron chi connectivity index (χ0n) is 15.4. The monoisotopic (exact) mass is 406 g/mol. The largest absolute Gasteiger partial charge is 0.356 e. The summed E-state index contributed by atoms with van der Waals surface area (Å²) in [4.78, 5) is 4.73. The maximum absolute atomic E-state index is 4.73. The van der Waals surface area contributed by atoms with Crippen LogP contribution in [0.2, 0.25) is 0 Å². The van der Waals surface area contributed by atoms with Crippen LogP contribution < -0.4 is 10.6 Å². The lowest BCUT2D eigenvalue weighted by atomic mass is 10.1. The van der Waals surface area contributed by atoms with E-state index in [1.807, 2.05) is 18.5 Å². The minimum atomic E-state index is 0.592. The number of halogens is 1. The number of aromatic nitrogens is 3. The van der Waals surface area contributed by atoms with Gasteiger partial charge in [0.2, 0.25) is 0 Å². The number of unbranched alkanes of at least 4 members (excludes halogenated alkanes) is 1. The van der Waals surface area contributed by atoms with Crippen LogP contribution in [0.15, 0.2) is 27.7 Å². The van der Waals surface area contributed by atoms with Crippen molar-refractivity contribution in [2.45, 2.75) is 46.7 Å². The minimum Gasteiger partial charge on any atom is -0.356 e. The molecule has 1 aromatic carbocycles. The highest BCUT2D eigenvalue weighted by atomic mass is 79.9. The molecular formula is C18H27BrN6. The summed E-state index contributed by atoms with van der Waals surface area (Å²) in [5.74, 6) is 2.60. The van der Waals surface area contributed by atoms with Crippen molar-refractivity contribution in [2.24, 2.45) is 12.0 Å². The van der Waals surface area contributed by atoms with Gasteiger partial charge in [0.1, 0.15) is 5.82 Å². The molecule has 0 aliphatic heterocycles. The highest BCUT2D eigenvalue weighted by molar-refractivity contribution is 9.10. The van der Waals surface area contributed by atoms with Crippen LogP contribution >= 0.6 is 15.9 Å². The summed E-state index contributed by atoms with van der Waals surface area (Å²) in [6.07, 6.45) is 2.26. The Kier molecular flexibility index (Phi) is 7.43. The van der Waals surface area contributed by atoms with Crippen molar-refractivity contribution in [1.82, 2.24) is 25.4 Å². The van der Waals surface area contributed by atoms with Crippen molar-refractivity contribution < 1.29 is 0 Å². The average Bonchev–Trinajstić information content (AvgIpc) is 2.90. The smallest absolute Gasteiger partial charge is 0.191 e. The molecule has 0 radical (unpaired) electrons. The van der Waals surface area contributed by atoms with Crippen LogP contribution in [0, 0.1) is 13.8 Å². The topological polar surface area (TPSA) is 67.1 Å². The fourth-order valence-electron chi connectivity index (χ4n) is 2.33. The van der Waals surface area contributed by atoms with Gasteiger partial charge in [-0.3, -0.25) is 0 Å². The number of hydrogen-bond donors (Lipinski definition) is 2. The summed E-state index contributed by atoms with van der Waals surface area (Å²) in [6.45, 7) is 8.36. The lowest BCUT2D eigenvalue weighted by Crippen LogP contribution is -2.38. The highest BCUT2D eigenvalue weighted by Crippen LogP contribution is 2.16. The van der Waals surface area contributed by atoms with E-state index in [-0.39, 0.29) is 0 Å². The van der Waals surface area contributed by atoms with Gasteiger partial charge in [0.05, 0.1) is 13.1 Å². The summed E-state index contributed by atoms with van der Waals surface area (Å²) in [7, 11) is 1.97. The van der Waals surface area contributed by atoms with E-state index in [0.29, 0.717) is 13.1 Å². The molecule has 0 fully saturated rings. The van der Waals surface area contributed by atoms with Gasteiger partial charge >= 0.3 is 0 Å². The molecule has 7 heteroatoms. The maximum Gasteiger partial charge on any atom is 0.191 e. The maximum atomic E-state index is 4.73. The number of guanidine groups is 1. The van der Waals surface area contributed by atoms with E-state index in [9.17, 15) is 0 Å². The van der Waals surface area contributed by atoms with Gasteiger partial charge in [0.15, 0.2) is 11.8 Å². The molecule has 1 aromatic heterocycles. The minimum absolute atomic E-state index is 0.592. The third-order valence-corrected chi connectivity index (χ3v) is 4.62. The first-order valence-electron chi connectivity index (χ1n) is 8.63.